The van der Waals surface area contributed by atoms with Gasteiger partial charge in [-0.2, -0.15) is 0 Å². The molecule has 1 saturated carbocycles. The summed E-state index contributed by atoms with van der Waals surface area (Å²) >= 11 is 0. The lowest BCUT2D eigenvalue weighted by Gasteiger charge is -2.29. The Bertz CT molecular complexity index is 846. The highest BCUT2D eigenvalue weighted by Crippen LogP contribution is 2.33. The number of fused-ring (bicyclic) bond motifs is 1. The summed E-state index contributed by atoms with van der Waals surface area (Å²) in [6.45, 7) is 3.15. The second-order valence-corrected chi connectivity index (χ2v) is 7.33. The molecule has 4 rings (SSSR count). The van der Waals surface area contributed by atoms with Crippen molar-refractivity contribution in [1.29, 1.82) is 0 Å². The number of para-hydroxylation sites is 1. The van der Waals surface area contributed by atoms with Gasteiger partial charge in [-0.05, 0) is 61.6 Å². The van der Waals surface area contributed by atoms with Crippen LogP contribution in [0.2, 0.25) is 0 Å². The van der Waals surface area contributed by atoms with Gasteiger partial charge in [-0.15, -0.1) is 0 Å². The smallest absolute Gasteiger partial charge is 0.265 e. The average Bonchev–Trinajstić information content (AvgIpc) is 3.53. The zero-order valence-electron chi connectivity index (χ0n) is 15.5. The maximum Gasteiger partial charge on any atom is 0.265 e. The first-order chi connectivity index (χ1) is 13.1. The van der Waals surface area contributed by atoms with Crippen LogP contribution in [0.15, 0.2) is 48.5 Å². The van der Waals surface area contributed by atoms with Gasteiger partial charge in [0.15, 0.2) is 6.10 Å². The second kappa shape index (κ2) is 7.43. The van der Waals surface area contributed by atoms with Crippen LogP contribution in [-0.2, 0) is 22.6 Å². The molecule has 27 heavy (non-hydrogen) atoms. The molecule has 0 saturated heterocycles. The highest BCUT2D eigenvalue weighted by atomic mass is 16.5. The molecule has 1 aliphatic heterocycles. The maximum atomic E-state index is 12.5. The third-order valence-corrected chi connectivity index (χ3v) is 5.15. The van der Waals surface area contributed by atoms with Crippen molar-refractivity contribution in [3.63, 3.8) is 0 Å². The number of nitrogens with zero attached hydrogens (tertiary/aromatic N) is 1. The standard InChI is InChI=1S/C22H24N2O3/c1-15(27-20-5-3-2-4-6-20)21(25)23-19-10-9-16-11-12-24(14-18(16)13-19)22(26)17-7-8-17/h2-6,9-10,13,15,17H,7-8,11-12,14H2,1H3,(H,23,25). The molecule has 1 heterocycles. The number of anilines is 1. The fraction of sp³-hybridized carbons (Fsp3) is 0.364. The van der Waals surface area contributed by atoms with Crippen LogP contribution in [0.3, 0.4) is 0 Å². The first-order valence-electron chi connectivity index (χ1n) is 9.53. The topological polar surface area (TPSA) is 58.6 Å². The Balaban J connectivity index is 1.40. The van der Waals surface area contributed by atoms with Gasteiger partial charge in [0.25, 0.3) is 5.91 Å². The molecule has 0 aromatic heterocycles. The predicted octanol–water partition coefficient (Wildman–Crippen LogP) is 3.39. The molecule has 2 aromatic carbocycles. The molecule has 2 aliphatic rings. The molecule has 0 bridgehead atoms. The monoisotopic (exact) mass is 364 g/mol. The Labute approximate surface area is 159 Å². The zero-order chi connectivity index (χ0) is 18.8. The number of amides is 2. The molecule has 2 amide bonds. The van der Waals surface area contributed by atoms with Crippen LogP contribution in [0.25, 0.3) is 0 Å². The number of benzene rings is 2. The van der Waals surface area contributed by atoms with Gasteiger partial charge in [-0.3, -0.25) is 9.59 Å². The largest absolute Gasteiger partial charge is 0.481 e. The molecule has 5 nitrogen and oxygen atoms in total. The molecular formula is C22H24N2O3. The number of carbonyl (C=O) groups is 2. The van der Waals surface area contributed by atoms with Gasteiger partial charge in [-0.25, -0.2) is 0 Å². The lowest BCUT2D eigenvalue weighted by atomic mass is 9.98. The van der Waals surface area contributed by atoms with Crippen LogP contribution in [0.4, 0.5) is 5.69 Å². The van der Waals surface area contributed by atoms with E-state index >= 15 is 0 Å². The van der Waals surface area contributed by atoms with E-state index in [2.05, 4.69) is 5.32 Å². The molecule has 0 radical (unpaired) electrons. The summed E-state index contributed by atoms with van der Waals surface area (Å²) in [7, 11) is 0. The molecule has 1 atom stereocenters. The van der Waals surface area contributed by atoms with E-state index in [0.717, 1.165) is 37.1 Å². The zero-order valence-corrected chi connectivity index (χ0v) is 15.5. The minimum Gasteiger partial charge on any atom is -0.481 e. The quantitative estimate of drug-likeness (QED) is 0.885. The Morgan fingerprint density at radius 2 is 1.89 bits per heavy atom. The fourth-order valence-electron chi connectivity index (χ4n) is 3.41. The summed E-state index contributed by atoms with van der Waals surface area (Å²) in [5.41, 5.74) is 3.11. The van der Waals surface area contributed by atoms with Gasteiger partial charge >= 0.3 is 0 Å². The highest BCUT2D eigenvalue weighted by molar-refractivity contribution is 5.94. The fourth-order valence-corrected chi connectivity index (χ4v) is 3.41. The van der Waals surface area contributed by atoms with Crippen molar-refractivity contribution in [2.24, 2.45) is 5.92 Å². The molecule has 1 N–H and O–H groups in total. The number of ether oxygens (including phenoxy) is 1. The molecule has 0 spiro atoms. The summed E-state index contributed by atoms with van der Waals surface area (Å²) < 4.78 is 5.68. The molecule has 5 heteroatoms. The Morgan fingerprint density at radius 3 is 2.63 bits per heavy atom. The van der Waals surface area contributed by atoms with E-state index in [9.17, 15) is 9.59 Å². The van der Waals surface area contributed by atoms with E-state index in [-0.39, 0.29) is 17.7 Å². The van der Waals surface area contributed by atoms with Crippen molar-refractivity contribution in [2.75, 3.05) is 11.9 Å². The SMILES string of the molecule is CC(Oc1ccccc1)C(=O)Nc1ccc2c(c1)CN(C(=O)C1CC1)CC2. The van der Waals surface area contributed by atoms with E-state index in [1.165, 1.54) is 5.56 Å². The van der Waals surface area contributed by atoms with E-state index in [0.29, 0.717) is 12.3 Å². The molecule has 2 aromatic rings. The summed E-state index contributed by atoms with van der Waals surface area (Å²) in [6.07, 6.45) is 2.32. The summed E-state index contributed by atoms with van der Waals surface area (Å²) in [4.78, 5) is 26.7. The number of hydrogen-bond donors (Lipinski definition) is 1. The van der Waals surface area contributed by atoms with E-state index in [4.69, 9.17) is 4.74 Å². The van der Waals surface area contributed by atoms with E-state index < -0.39 is 6.10 Å². The van der Waals surface area contributed by atoms with E-state index in [1.54, 1.807) is 6.92 Å². The van der Waals surface area contributed by atoms with Gasteiger partial charge in [0.05, 0.1) is 0 Å². The second-order valence-electron chi connectivity index (χ2n) is 7.33. The number of carbonyl (C=O) groups excluding carboxylic acids is 2. The summed E-state index contributed by atoms with van der Waals surface area (Å²) in [5.74, 6) is 0.991. The number of rotatable bonds is 5. The van der Waals surface area contributed by atoms with Crippen molar-refractivity contribution in [3.05, 3.63) is 59.7 Å². The van der Waals surface area contributed by atoms with Gasteiger partial charge < -0.3 is 15.0 Å². The van der Waals surface area contributed by atoms with Crippen molar-refractivity contribution >= 4 is 17.5 Å². The minimum absolute atomic E-state index is 0.194. The number of hydrogen-bond acceptors (Lipinski definition) is 3. The van der Waals surface area contributed by atoms with Gasteiger partial charge in [0.2, 0.25) is 5.91 Å². The van der Waals surface area contributed by atoms with Crippen LogP contribution in [0, 0.1) is 5.92 Å². The predicted molar refractivity (Wildman–Crippen MR) is 103 cm³/mol. The van der Waals surface area contributed by atoms with Crippen molar-refractivity contribution < 1.29 is 14.3 Å². The minimum atomic E-state index is -0.601. The van der Waals surface area contributed by atoms with E-state index in [1.807, 2.05) is 53.4 Å². The highest BCUT2D eigenvalue weighted by Gasteiger charge is 2.34. The normalized spacial score (nSPS) is 17.0. The molecule has 1 aliphatic carbocycles. The lowest BCUT2D eigenvalue weighted by molar-refractivity contribution is -0.133. The van der Waals surface area contributed by atoms with Crippen molar-refractivity contribution in [1.82, 2.24) is 4.90 Å². The molecule has 140 valence electrons. The summed E-state index contributed by atoms with van der Waals surface area (Å²) in [5, 5.41) is 2.92. The Hall–Kier alpha value is -2.82. The number of nitrogens with one attached hydrogen (secondary N) is 1. The summed E-state index contributed by atoms with van der Waals surface area (Å²) in [6, 6.07) is 15.3. The third-order valence-electron chi connectivity index (χ3n) is 5.15. The van der Waals surface area contributed by atoms with Gasteiger partial charge in [0.1, 0.15) is 5.75 Å². The molecule has 1 unspecified atom stereocenters. The Kier molecular flexibility index (Phi) is 4.84. The third kappa shape index (κ3) is 4.13. The van der Waals surface area contributed by atoms with Crippen molar-refractivity contribution in [2.45, 2.75) is 38.8 Å². The van der Waals surface area contributed by atoms with Crippen LogP contribution in [0.1, 0.15) is 30.9 Å². The first-order valence-corrected chi connectivity index (χ1v) is 9.53. The van der Waals surface area contributed by atoms with Crippen molar-refractivity contribution in [3.8, 4) is 5.75 Å². The van der Waals surface area contributed by atoms with Gasteiger partial charge in [-0.1, -0.05) is 24.3 Å². The molecular weight excluding hydrogens is 340 g/mol. The Morgan fingerprint density at radius 1 is 1.11 bits per heavy atom. The van der Waals surface area contributed by atoms with Gasteiger partial charge in [0, 0.05) is 24.7 Å². The van der Waals surface area contributed by atoms with Crippen LogP contribution in [-0.4, -0.2) is 29.4 Å². The van der Waals surface area contributed by atoms with Crippen LogP contribution < -0.4 is 10.1 Å². The van der Waals surface area contributed by atoms with Crippen LogP contribution >= 0.6 is 0 Å². The average molecular weight is 364 g/mol. The van der Waals surface area contributed by atoms with Crippen LogP contribution in [0.5, 0.6) is 5.75 Å². The maximum absolute atomic E-state index is 12.5. The first kappa shape index (κ1) is 17.6. The lowest BCUT2D eigenvalue weighted by Crippen LogP contribution is -2.37. The molecule has 1 fully saturated rings.